The SMILES string of the molecule is Cc1ccc2cc([C@@H](C)O)ccc2c1. The largest absolute Gasteiger partial charge is 0.389 e. The minimum atomic E-state index is -0.388. The highest BCUT2D eigenvalue weighted by atomic mass is 16.3. The Kier molecular flexibility index (Phi) is 2.26. The molecule has 0 aliphatic rings. The van der Waals surface area contributed by atoms with Crippen LogP contribution in [-0.4, -0.2) is 5.11 Å². The summed E-state index contributed by atoms with van der Waals surface area (Å²) in [5.41, 5.74) is 2.24. The zero-order chi connectivity index (χ0) is 10.1. The highest BCUT2D eigenvalue weighted by molar-refractivity contribution is 5.83. The number of aliphatic hydroxyl groups excluding tert-OH is 1. The molecule has 1 atom stereocenters. The van der Waals surface area contributed by atoms with E-state index >= 15 is 0 Å². The molecule has 0 saturated heterocycles. The number of fused-ring (bicyclic) bond motifs is 1. The van der Waals surface area contributed by atoms with E-state index in [4.69, 9.17) is 0 Å². The van der Waals surface area contributed by atoms with Gasteiger partial charge in [-0.2, -0.15) is 0 Å². The van der Waals surface area contributed by atoms with Crippen molar-refractivity contribution in [2.24, 2.45) is 0 Å². The molecular formula is C13H14O. The fourth-order valence-corrected chi connectivity index (χ4v) is 1.64. The second-order valence-electron chi connectivity index (χ2n) is 3.79. The molecule has 0 unspecified atom stereocenters. The van der Waals surface area contributed by atoms with Gasteiger partial charge in [-0.3, -0.25) is 0 Å². The molecule has 0 amide bonds. The molecule has 1 heteroatoms. The van der Waals surface area contributed by atoms with Crippen LogP contribution in [0.2, 0.25) is 0 Å². The maximum absolute atomic E-state index is 9.44. The molecule has 2 rings (SSSR count). The van der Waals surface area contributed by atoms with Crippen molar-refractivity contribution in [1.29, 1.82) is 0 Å². The average Bonchev–Trinajstić information content (AvgIpc) is 2.16. The summed E-state index contributed by atoms with van der Waals surface area (Å²) in [5, 5.41) is 11.9. The van der Waals surface area contributed by atoms with Crippen LogP contribution in [0.3, 0.4) is 0 Å². The molecule has 1 nitrogen and oxygen atoms in total. The first-order valence-electron chi connectivity index (χ1n) is 4.85. The van der Waals surface area contributed by atoms with Crippen molar-refractivity contribution in [3.05, 3.63) is 47.5 Å². The lowest BCUT2D eigenvalue weighted by Gasteiger charge is -2.06. The smallest absolute Gasteiger partial charge is 0.0762 e. The molecule has 0 spiro atoms. The second-order valence-corrected chi connectivity index (χ2v) is 3.79. The number of rotatable bonds is 1. The van der Waals surface area contributed by atoms with Crippen LogP contribution in [0.4, 0.5) is 0 Å². The maximum atomic E-state index is 9.44. The van der Waals surface area contributed by atoms with Gasteiger partial charge in [0.2, 0.25) is 0 Å². The standard InChI is InChI=1S/C13H14O/c1-9-3-4-13-8-11(10(2)14)5-6-12(13)7-9/h3-8,10,14H,1-2H3/t10-/m1/s1. The first-order valence-corrected chi connectivity index (χ1v) is 4.85. The van der Waals surface area contributed by atoms with Crippen molar-refractivity contribution >= 4 is 10.8 Å². The van der Waals surface area contributed by atoms with Gasteiger partial charge in [0.05, 0.1) is 6.10 Å². The molecule has 1 N–H and O–H groups in total. The van der Waals surface area contributed by atoms with Crippen LogP contribution in [0.1, 0.15) is 24.2 Å². The molecule has 0 saturated carbocycles. The van der Waals surface area contributed by atoms with E-state index in [9.17, 15) is 5.11 Å². The summed E-state index contributed by atoms with van der Waals surface area (Å²) < 4.78 is 0. The van der Waals surface area contributed by atoms with Gasteiger partial charge >= 0.3 is 0 Å². The summed E-state index contributed by atoms with van der Waals surface area (Å²) in [6, 6.07) is 12.4. The van der Waals surface area contributed by atoms with Gasteiger partial charge in [-0.1, -0.05) is 35.9 Å². The minimum absolute atomic E-state index is 0.388. The summed E-state index contributed by atoms with van der Waals surface area (Å²) in [6.07, 6.45) is -0.388. The number of benzene rings is 2. The Morgan fingerprint density at radius 3 is 2.36 bits per heavy atom. The number of aryl methyl sites for hydroxylation is 1. The van der Waals surface area contributed by atoms with Crippen molar-refractivity contribution in [1.82, 2.24) is 0 Å². The van der Waals surface area contributed by atoms with Gasteiger partial charge < -0.3 is 5.11 Å². The van der Waals surface area contributed by atoms with Crippen LogP contribution >= 0.6 is 0 Å². The summed E-state index contributed by atoms with van der Waals surface area (Å²) >= 11 is 0. The van der Waals surface area contributed by atoms with E-state index < -0.39 is 0 Å². The van der Waals surface area contributed by atoms with Crippen molar-refractivity contribution < 1.29 is 5.11 Å². The number of hydrogen-bond donors (Lipinski definition) is 1. The van der Waals surface area contributed by atoms with E-state index in [-0.39, 0.29) is 6.10 Å². The first-order chi connectivity index (χ1) is 6.66. The molecule has 2 aromatic rings. The van der Waals surface area contributed by atoms with Gasteiger partial charge in [0.25, 0.3) is 0 Å². The van der Waals surface area contributed by atoms with Gasteiger partial charge in [0, 0.05) is 0 Å². The molecule has 0 bridgehead atoms. The van der Waals surface area contributed by atoms with Gasteiger partial charge in [-0.05, 0) is 36.2 Å². The molecule has 0 heterocycles. The quantitative estimate of drug-likeness (QED) is 0.725. The van der Waals surface area contributed by atoms with Crippen molar-refractivity contribution in [3.63, 3.8) is 0 Å². The fraction of sp³-hybridized carbons (Fsp3) is 0.231. The number of hydrogen-bond acceptors (Lipinski definition) is 1. The van der Waals surface area contributed by atoms with Crippen molar-refractivity contribution in [3.8, 4) is 0 Å². The predicted molar refractivity (Wildman–Crippen MR) is 59.3 cm³/mol. The summed E-state index contributed by atoms with van der Waals surface area (Å²) in [4.78, 5) is 0. The first kappa shape index (κ1) is 9.22. The van der Waals surface area contributed by atoms with E-state index in [0.29, 0.717) is 0 Å². The highest BCUT2D eigenvalue weighted by Crippen LogP contribution is 2.21. The van der Waals surface area contributed by atoms with Crippen LogP contribution in [0.5, 0.6) is 0 Å². The molecule has 0 fully saturated rings. The minimum Gasteiger partial charge on any atom is -0.389 e. The van der Waals surface area contributed by atoms with Crippen LogP contribution in [0.25, 0.3) is 10.8 Å². The summed E-state index contributed by atoms with van der Waals surface area (Å²) in [7, 11) is 0. The van der Waals surface area contributed by atoms with E-state index in [1.807, 2.05) is 12.1 Å². The van der Waals surface area contributed by atoms with Crippen LogP contribution in [-0.2, 0) is 0 Å². The predicted octanol–water partition coefficient (Wildman–Crippen LogP) is 3.20. The summed E-state index contributed by atoms with van der Waals surface area (Å²) in [6.45, 7) is 3.87. The molecule has 0 aromatic heterocycles. The summed E-state index contributed by atoms with van der Waals surface area (Å²) in [5.74, 6) is 0. The second kappa shape index (κ2) is 3.43. The van der Waals surface area contributed by atoms with Crippen LogP contribution in [0, 0.1) is 6.92 Å². The maximum Gasteiger partial charge on any atom is 0.0762 e. The average molecular weight is 186 g/mol. The molecular weight excluding hydrogens is 172 g/mol. The highest BCUT2D eigenvalue weighted by Gasteiger charge is 2.01. The lowest BCUT2D eigenvalue weighted by Crippen LogP contribution is -1.90. The normalized spacial score (nSPS) is 13.1. The van der Waals surface area contributed by atoms with Gasteiger partial charge in [0.15, 0.2) is 0 Å². The third-order valence-corrected chi connectivity index (χ3v) is 2.50. The zero-order valence-corrected chi connectivity index (χ0v) is 8.49. The Balaban J connectivity index is 2.62. The van der Waals surface area contributed by atoms with Crippen molar-refractivity contribution in [2.75, 3.05) is 0 Å². The Morgan fingerprint density at radius 1 is 1.00 bits per heavy atom. The van der Waals surface area contributed by atoms with Crippen LogP contribution in [0.15, 0.2) is 36.4 Å². The lowest BCUT2D eigenvalue weighted by atomic mass is 10.0. The Labute approximate surface area is 84.0 Å². The topological polar surface area (TPSA) is 20.2 Å². The third-order valence-electron chi connectivity index (χ3n) is 2.50. The Hall–Kier alpha value is -1.34. The molecule has 14 heavy (non-hydrogen) atoms. The lowest BCUT2D eigenvalue weighted by molar-refractivity contribution is 0.199. The van der Waals surface area contributed by atoms with Gasteiger partial charge in [-0.25, -0.2) is 0 Å². The molecule has 2 aromatic carbocycles. The van der Waals surface area contributed by atoms with E-state index in [2.05, 4.69) is 31.2 Å². The monoisotopic (exact) mass is 186 g/mol. The molecule has 0 radical (unpaired) electrons. The van der Waals surface area contributed by atoms with E-state index in [1.54, 1.807) is 6.92 Å². The Morgan fingerprint density at radius 2 is 1.64 bits per heavy atom. The Bertz CT molecular complexity index is 458. The van der Waals surface area contributed by atoms with Gasteiger partial charge in [-0.15, -0.1) is 0 Å². The van der Waals surface area contributed by atoms with Gasteiger partial charge in [0.1, 0.15) is 0 Å². The van der Waals surface area contributed by atoms with Crippen molar-refractivity contribution in [2.45, 2.75) is 20.0 Å². The van der Waals surface area contributed by atoms with Crippen LogP contribution < -0.4 is 0 Å². The molecule has 0 aliphatic carbocycles. The molecule has 72 valence electrons. The van der Waals surface area contributed by atoms with E-state index in [0.717, 1.165) is 5.56 Å². The number of aliphatic hydroxyl groups is 1. The molecule has 0 aliphatic heterocycles. The van der Waals surface area contributed by atoms with E-state index in [1.165, 1.54) is 16.3 Å². The third kappa shape index (κ3) is 1.64. The zero-order valence-electron chi connectivity index (χ0n) is 8.49. The fourth-order valence-electron chi connectivity index (χ4n) is 1.64.